The summed E-state index contributed by atoms with van der Waals surface area (Å²) in [7, 11) is 0. The van der Waals surface area contributed by atoms with Gasteiger partial charge in [-0.3, -0.25) is 9.89 Å². The van der Waals surface area contributed by atoms with Gasteiger partial charge in [0.2, 0.25) is 5.91 Å². The van der Waals surface area contributed by atoms with Crippen LogP contribution in [0.15, 0.2) is 30.3 Å². The van der Waals surface area contributed by atoms with Crippen LogP contribution in [0.5, 0.6) is 5.75 Å². The normalized spacial score (nSPS) is 20.2. The Hall–Kier alpha value is -2.55. The largest absolute Gasteiger partial charge is 0.493 e. The summed E-state index contributed by atoms with van der Waals surface area (Å²) in [5, 5.41) is 7.24. The maximum absolute atomic E-state index is 12.8. The first-order valence-corrected chi connectivity index (χ1v) is 10.6. The van der Waals surface area contributed by atoms with Gasteiger partial charge in [0.1, 0.15) is 11.9 Å². The molecule has 2 fully saturated rings. The molecule has 4 rings (SSSR count). The Morgan fingerprint density at radius 2 is 2.06 bits per heavy atom. The van der Waals surface area contributed by atoms with Gasteiger partial charge in [0, 0.05) is 24.6 Å². The number of halogens is 3. The number of carbonyl (C=O) groups is 1. The van der Waals surface area contributed by atoms with E-state index in [0.717, 1.165) is 49.2 Å². The number of carbonyl (C=O) groups excluding carboxylic acids is 1. The summed E-state index contributed by atoms with van der Waals surface area (Å²) in [6, 6.07) is 6.69. The van der Waals surface area contributed by atoms with Crippen molar-refractivity contribution in [2.75, 3.05) is 26.3 Å². The molecule has 31 heavy (non-hydrogen) atoms. The number of morpholine rings is 1. The van der Waals surface area contributed by atoms with E-state index in [2.05, 4.69) is 10.2 Å². The molecule has 2 aliphatic rings. The fourth-order valence-electron chi connectivity index (χ4n) is 4.17. The topological polar surface area (TPSA) is 67.5 Å². The number of rotatable bonds is 6. The van der Waals surface area contributed by atoms with Crippen LogP contribution in [0.4, 0.5) is 13.2 Å². The SMILES string of the molecule is O=C(C1CCCC1)N1CCOC(c2cc(CCOc3cccc(C(F)(F)F)c3)[nH]n2)C1. The summed E-state index contributed by atoms with van der Waals surface area (Å²) < 4.78 is 49.7. The number of alkyl halides is 3. The summed E-state index contributed by atoms with van der Waals surface area (Å²) in [6.45, 7) is 1.78. The van der Waals surface area contributed by atoms with E-state index in [1.54, 1.807) is 0 Å². The lowest BCUT2D eigenvalue weighted by Gasteiger charge is -2.33. The first-order valence-electron chi connectivity index (χ1n) is 10.6. The number of benzene rings is 1. The number of hydrogen-bond donors (Lipinski definition) is 1. The third kappa shape index (κ3) is 5.39. The number of ether oxygens (including phenoxy) is 2. The van der Waals surface area contributed by atoms with E-state index in [-0.39, 0.29) is 30.3 Å². The average molecular weight is 437 g/mol. The predicted octanol–water partition coefficient (Wildman–Crippen LogP) is 4.14. The molecule has 0 spiro atoms. The van der Waals surface area contributed by atoms with Crippen molar-refractivity contribution in [3.05, 3.63) is 47.3 Å². The van der Waals surface area contributed by atoms with E-state index < -0.39 is 11.7 Å². The Morgan fingerprint density at radius 3 is 2.84 bits per heavy atom. The second-order valence-corrected chi connectivity index (χ2v) is 8.07. The van der Waals surface area contributed by atoms with Gasteiger partial charge in [-0.25, -0.2) is 0 Å². The second-order valence-electron chi connectivity index (χ2n) is 8.07. The monoisotopic (exact) mass is 437 g/mol. The zero-order valence-corrected chi connectivity index (χ0v) is 17.2. The molecule has 0 radical (unpaired) electrons. The molecule has 1 amide bonds. The number of aromatic amines is 1. The lowest BCUT2D eigenvalue weighted by atomic mass is 10.1. The summed E-state index contributed by atoms with van der Waals surface area (Å²) in [4.78, 5) is 14.6. The van der Waals surface area contributed by atoms with Crippen molar-refractivity contribution in [3.8, 4) is 5.75 Å². The van der Waals surface area contributed by atoms with Crippen molar-refractivity contribution < 1.29 is 27.4 Å². The molecule has 1 saturated heterocycles. The van der Waals surface area contributed by atoms with Gasteiger partial charge < -0.3 is 14.4 Å². The standard InChI is InChI=1S/C22H26F3N3O3/c23-22(24,25)16-6-3-7-18(12-16)30-10-8-17-13-19(27-26-17)20-14-28(9-11-31-20)21(29)15-4-1-2-5-15/h3,6-7,12-13,15,20H,1-2,4-5,8-11,14H2,(H,26,27). The van der Waals surface area contributed by atoms with Crippen molar-refractivity contribution in [3.63, 3.8) is 0 Å². The van der Waals surface area contributed by atoms with Crippen LogP contribution in [0.1, 0.15) is 48.7 Å². The number of hydrogen-bond acceptors (Lipinski definition) is 4. The number of aromatic nitrogens is 2. The maximum Gasteiger partial charge on any atom is 0.416 e. The Morgan fingerprint density at radius 1 is 1.26 bits per heavy atom. The first kappa shape index (κ1) is 21.7. The highest BCUT2D eigenvalue weighted by Crippen LogP contribution is 2.31. The molecule has 1 saturated carbocycles. The summed E-state index contributed by atoms with van der Waals surface area (Å²) in [5.74, 6) is 0.531. The quantitative estimate of drug-likeness (QED) is 0.738. The highest BCUT2D eigenvalue weighted by molar-refractivity contribution is 5.79. The number of H-pyrrole nitrogens is 1. The Labute approximate surface area is 178 Å². The first-order chi connectivity index (χ1) is 14.9. The highest BCUT2D eigenvalue weighted by atomic mass is 19.4. The average Bonchev–Trinajstić information content (AvgIpc) is 3.45. The third-order valence-electron chi connectivity index (χ3n) is 5.86. The predicted molar refractivity (Wildman–Crippen MR) is 106 cm³/mol. The van der Waals surface area contributed by atoms with Crippen molar-refractivity contribution in [1.29, 1.82) is 0 Å². The second kappa shape index (κ2) is 9.30. The molecule has 1 aromatic heterocycles. The van der Waals surface area contributed by atoms with E-state index >= 15 is 0 Å². The molecule has 9 heteroatoms. The summed E-state index contributed by atoms with van der Waals surface area (Å²) in [6.07, 6.45) is -0.0389. The minimum atomic E-state index is -4.40. The fraction of sp³-hybridized carbons (Fsp3) is 0.545. The minimum Gasteiger partial charge on any atom is -0.493 e. The maximum atomic E-state index is 12.8. The third-order valence-corrected chi connectivity index (χ3v) is 5.86. The van der Waals surface area contributed by atoms with Crippen molar-refractivity contribution in [2.24, 2.45) is 5.92 Å². The Bertz CT molecular complexity index is 893. The van der Waals surface area contributed by atoms with Crippen LogP contribution < -0.4 is 4.74 Å². The zero-order valence-electron chi connectivity index (χ0n) is 17.2. The van der Waals surface area contributed by atoms with Gasteiger partial charge in [-0.15, -0.1) is 0 Å². The van der Waals surface area contributed by atoms with E-state index in [1.807, 2.05) is 11.0 Å². The number of nitrogens with zero attached hydrogens (tertiary/aromatic N) is 2. The van der Waals surface area contributed by atoms with E-state index in [4.69, 9.17) is 9.47 Å². The van der Waals surface area contributed by atoms with E-state index in [1.165, 1.54) is 12.1 Å². The molecule has 2 heterocycles. The van der Waals surface area contributed by atoms with Crippen LogP contribution in [0.25, 0.3) is 0 Å². The molecule has 1 aromatic carbocycles. The minimum absolute atomic E-state index is 0.140. The van der Waals surface area contributed by atoms with Gasteiger partial charge in [0.25, 0.3) is 0 Å². The number of amides is 1. The van der Waals surface area contributed by atoms with Gasteiger partial charge >= 0.3 is 6.18 Å². The highest BCUT2D eigenvalue weighted by Gasteiger charge is 2.32. The van der Waals surface area contributed by atoms with Crippen molar-refractivity contribution >= 4 is 5.91 Å². The van der Waals surface area contributed by atoms with Crippen LogP contribution in [0, 0.1) is 5.92 Å². The lowest BCUT2D eigenvalue weighted by molar-refractivity contribution is -0.143. The Kier molecular flexibility index (Phi) is 6.50. The van der Waals surface area contributed by atoms with Gasteiger partial charge in [-0.05, 0) is 37.1 Å². The van der Waals surface area contributed by atoms with Gasteiger partial charge in [0.05, 0.1) is 31.0 Å². The smallest absolute Gasteiger partial charge is 0.416 e. The molecule has 168 valence electrons. The summed E-state index contributed by atoms with van der Waals surface area (Å²) in [5.41, 5.74) is 0.780. The molecule has 6 nitrogen and oxygen atoms in total. The van der Waals surface area contributed by atoms with Crippen LogP contribution in [0.2, 0.25) is 0 Å². The molecule has 1 atom stereocenters. The lowest BCUT2D eigenvalue weighted by Crippen LogP contribution is -2.44. The van der Waals surface area contributed by atoms with Crippen LogP contribution in [0.3, 0.4) is 0 Å². The molecule has 1 aliphatic heterocycles. The molecular formula is C22H26F3N3O3. The van der Waals surface area contributed by atoms with Crippen molar-refractivity contribution in [1.82, 2.24) is 15.1 Å². The molecule has 0 bridgehead atoms. The van der Waals surface area contributed by atoms with Crippen LogP contribution in [-0.2, 0) is 22.1 Å². The molecular weight excluding hydrogens is 411 g/mol. The van der Waals surface area contributed by atoms with E-state index in [9.17, 15) is 18.0 Å². The van der Waals surface area contributed by atoms with Crippen LogP contribution in [-0.4, -0.2) is 47.3 Å². The Balaban J connectivity index is 1.29. The van der Waals surface area contributed by atoms with Gasteiger partial charge in [0.15, 0.2) is 0 Å². The molecule has 1 N–H and O–H groups in total. The zero-order chi connectivity index (χ0) is 21.8. The van der Waals surface area contributed by atoms with Gasteiger partial charge in [-0.2, -0.15) is 18.3 Å². The van der Waals surface area contributed by atoms with E-state index in [0.29, 0.717) is 26.1 Å². The van der Waals surface area contributed by atoms with Crippen LogP contribution >= 0.6 is 0 Å². The number of nitrogens with one attached hydrogen (secondary N) is 1. The van der Waals surface area contributed by atoms with Gasteiger partial charge in [-0.1, -0.05) is 18.9 Å². The molecule has 2 aromatic rings. The summed E-state index contributed by atoms with van der Waals surface area (Å²) >= 11 is 0. The molecule has 1 aliphatic carbocycles. The molecule has 1 unspecified atom stereocenters. The van der Waals surface area contributed by atoms with Crippen molar-refractivity contribution in [2.45, 2.75) is 44.4 Å². The fourth-order valence-corrected chi connectivity index (χ4v) is 4.17.